The molecule has 74 valence electrons. The molecule has 0 rings (SSSR count). The van der Waals surface area contributed by atoms with Crippen LogP contribution in [-0.4, -0.2) is 47.1 Å². The molecule has 0 aliphatic rings. The molecule has 0 aliphatic carbocycles. The van der Waals surface area contributed by atoms with Gasteiger partial charge in [-0.3, -0.25) is 0 Å². The second-order valence-electron chi connectivity index (χ2n) is 3.70. The average Bonchev–Trinajstić information content (AvgIpc) is 1.76. The van der Waals surface area contributed by atoms with Crippen LogP contribution in [-0.2, 0) is 10.4 Å². The number of rotatable bonds is 5. The second kappa shape index (κ2) is 4.15. The molecule has 0 aliphatic heterocycles. The summed E-state index contributed by atoms with van der Waals surface area (Å²) in [4.78, 5) is 0. The molecular formula is C6H16FN2O2S+. The standard InChI is InChI=1S/C6H16FN2O2S/c1-9(2,3)6-4-5-8-12(7,10)11/h8H,4-6H2,1-3H3/q+1. The molecule has 0 amide bonds. The molecular weight excluding hydrogens is 183 g/mol. The molecule has 4 nitrogen and oxygen atoms in total. The molecule has 0 atom stereocenters. The fourth-order valence-electron chi connectivity index (χ4n) is 0.747. The average molecular weight is 199 g/mol. The van der Waals surface area contributed by atoms with Crippen molar-refractivity contribution in [2.24, 2.45) is 0 Å². The van der Waals surface area contributed by atoms with Crippen molar-refractivity contribution in [1.29, 1.82) is 0 Å². The van der Waals surface area contributed by atoms with E-state index in [4.69, 9.17) is 0 Å². The third-order valence-corrected chi connectivity index (χ3v) is 1.83. The smallest absolute Gasteiger partial charge is 0.331 e. The van der Waals surface area contributed by atoms with E-state index in [0.717, 1.165) is 11.0 Å². The monoisotopic (exact) mass is 199 g/mol. The van der Waals surface area contributed by atoms with Gasteiger partial charge in [0.1, 0.15) is 0 Å². The van der Waals surface area contributed by atoms with E-state index < -0.39 is 10.4 Å². The summed E-state index contributed by atoms with van der Waals surface area (Å²) < 4.78 is 34.3. The highest BCUT2D eigenvalue weighted by Crippen LogP contribution is 1.93. The van der Waals surface area contributed by atoms with Crippen molar-refractivity contribution in [2.45, 2.75) is 6.42 Å². The van der Waals surface area contributed by atoms with Crippen LogP contribution in [0.5, 0.6) is 0 Å². The van der Waals surface area contributed by atoms with E-state index >= 15 is 0 Å². The van der Waals surface area contributed by atoms with Crippen molar-refractivity contribution in [3.63, 3.8) is 0 Å². The van der Waals surface area contributed by atoms with Crippen LogP contribution in [0.3, 0.4) is 0 Å². The Kier molecular flexibility index (Phi) is 4.09. The Balaban J connectivity index is 3.48. The van der Waals surface area contributed by atoms with Crippen LogP contribution in [0.2, 0.25) is 0 Å². The number of hydrogen-bond acceptors (Lipinski definition) is 2. The van der Waals surface area contributed by atoms with Gasteiger partial charge in [-0.1, -0.05) is 3.89 Å². The van der Waals surface area contributed by atoms with Crippen molar-refractivity contribution < 1.29 is 16.8 Å². The van der Waals surface area contributed by atoms with Gasteiger partial charge in [0, 0.05) is 13.0 Å². The van der Waals surface area contributed by atoms with Gasteiger partial charge in [-0.05, 0) is 0 Å². The summed E-state index contributed by atoms with van der Waals surface area (Å²) in [6, 6.07) is 0. The van der Waals surface area contributed by atoms with Gasteiger partial charge < -0.3 is 4.48 Å². The van der Waals surface area contributed by atoms with Gasteiger partial charge in [0.15, 0.2) is 0 Å². The van der Waals surface area contributed by atoms with Crippen molar-refractivity contribution in [3.8, 4) is 0 Å². The molecule has 0 aromatic carbocycles. The quantitative estimate of drug-likeness (QED) is 0.381. The first kappa shape index (κ1) is 11.8. The van der Waals surface area contributed by atoms with Gasteiger partial charge in [0.25, 0.3) is 0 Å². The predicted molar refractivity (Wildman–Crippen MR) is 45.5 cm³/mol. The van der Waals surface area contributed by atoms with E-state index in [2.05, 4.69) is 0 Å². The number of nitrogens with one attached hydrogen (secondary N) is 1. The summed E-state index contributed by atoms with van der Waals surface area (Å²) in [6.07, 6.45) is 0.632. The van der Waals surface area contributed by atoms with E-state index in [0.29, 0.717) is 6.42 Å². The zero-order chi connectivity index (χ0) is 9.83. The normalized spacial score (nSPS) is 13.3. The third kappa shape index (κ3) is 9.80. The molecule has 0 saturated carbocycles. The highest BCUT2D eigenvalue weighted by atomic mass is 32.3. The Morgan fingerprint density at radius 1 is 1.33 bits per heavy atom. The summed E-state index contributed by atoms with van der Waals surface area (Å²) in [6.45, 7) is 0.969. The Labute approximate surface area is 73.3 Å². The minimum atomic E-state index is -4.50. The van der Waals surface area contributed by atoms with Gasteiger partial charge in [0.05, 0.1) is 27.7 Å². The molecule has 0 aromatic heterocycles. The zero-order valence-electron chi connectivity index (χ0n) is 7.67. The van der Waals surface area contributed by atoms with Crippen molar-refractivity contribution >= 4 is 10.4 Å². The fraction of sp³-hybridized carbons (Fsp3) is 1.00. The van der Waals surface area contributed by atoms with E-state index in [9.17, 15) is 12.3 Å². The van der Waals surface area contributed by atoms with E-state index in [-0.39, 0.29) is 6.54 Å². The number of quaternary nitrogens is 1. The van der Waals surface area contributed by atoms with E-state index in [1.54, 1.807) is 4.72 Å². The summed E-state index contributed by atoms with van der Waals surface area (Å²) in [5.74, 6) is 0. The molecule has 0 radical (unpaired) electrons. The SMILES string of the molecule is C[N+](C)(C)CCCNS(=O)(=O)F. The van der Waals surface area contributed by atoms with Crippen LogP contribution in [0.4, 0.5) is 3.89 Å². The Hall–Kier alpha value is -0.200. The largest absolute Gasteiger partial charge is 0.372 e. The number of halogens is 1. The number of nitrogens with zero attached hydrogens (tertiary/aromatic N) is 1. The van der Waals surface area contributed by atoms with Crippen LogP contribution in [0, 0.1) is 0 Å². The fourth-order valence-corrected chi connectivity index (χ4v) is 1.14. The van der Waals surface area contributed by atoms with Crippen LogP contribution < -0.4 is 4.72 Å². The van der Waals surface area contributed by atoms with Crippen LogP contribution in [0.25, 0.3) is 0 Å². The minimum absolute atomic E-state index is 0.161. The van der Waals surface area contributed by atoms with Crippen LogP contribution in [0.15, 0.2) is 0 Å². The first-order chi connectivity index (χ1) is 5.21. The molecule has 0 unspecified atom stereocenters. The minimum Gasteiger partial charge on any atom is -0.331 e. The van der Waals surface area contributed by atoms with E-state index in [1.165, 1.54) is 0 Å². The lowest BCUT2D eigenvalue weighted by atomic mass is 10.4. The lowest BCUT2D eigenvalue weighted by molar-refractivity contribution is -0.870. The maximum atomic E-state index is 11.9. The Morgan fingerprint density at radius 3 is 2.17 bits per heavy atom. The highest BCUT2D eigenvalue weighted by Gasteiger charge is 2.08. The molecule has 0 bridgehead atoms. The molecule has 0 saturated heterocycles. The lowest BCUT2D eigenvalue weighted by Gasteiger charge is -2.23. The van der Waals surface area contributed by atoms with Gasteiger partial charge >= 0.3 is 10.4 Å². The maximum Gasteiger partial charge on any atom is 0.372 e. The summed E-state index contributed by atoms with van der Waals surface area (Å²) in [5, 5.41) is 0. The summed E-state index contributed by atoms with van der Waals surface area (Å²) >= 11 is 0. The van der Waals surface area contributed by atoms with Gasteiger partial charge in [-0.15, -0.1) is 0 Å². The summed E-state index contributed by atoms with van der Waals surface area (Å²) in [7, 11) is 1.47. The van der Waals surface area contributed by atoms with Gasteiger partial charge in [-0.25, -0.2) is 0 Å². The molecule has 0 heterocycles. The molecule has 1 N–H and O–H groups in total. The third-order valence-electron chi connectivity index (χ3n) is 1.28. The van der Waals surface area contributed by atoms with Gasteiger partial charge in [-0.2, -0.15) is 13.1 Å². The Morgan fingerprint density at radius 2 is 1.83 bits per heavy atom. The first-order valence-corrected chi connectivity index (χ1v) is 5.09. The van der Waals surface area contributed by atoms with Crippen molar-refractivity contribution in [1.82, 2.24) is 4.72 Å². The van der Waals surface area contributed by atoms with Crippen molar-refractivity contribution in [2.75, 3.05) is 34.2 Å². The maximum absolute atomic E-state index is 11.9. The van der Waals surface area contributed by atoms with E-state index in [1.807, 2.05) is 21.1 Å². The Bertz CT molecular complexity index is 220. The molecule has 0 spiro atoms. The molecule has 0 fully saturated rings. The highest BCUT2D eigenvalue weighted by molar-refractivity contribution is 7.84. The molecule has 0 aromatic rings. The molecule has 6 heteroatoms. The second-order valence-corrected chi connectivity index (χ2v) is 4.86. The summed E-state index contributed by atoms with van der Waals surface area (Å²) in [5.41, 5.74) is 0. The first-order valence-electron chi connectivity index (χ1n) is 3.70. The van der Waals surface area contributed by atoms with Crippen molar-refractivity contribution in [3.05, 3.63) is 0 Å². The zero-order valence-corrected chi connectivity index (χ0v) is 8.49. The predicted octanol–water partition coefficient (Wildman–Crippen LogP) is -0.113. The topological polar surface area (TPSA) is 46.2 Å². The lowest BCUT2D eigenvalue weighted by Crippen LogP contribution is -2.37. The van der Waals surface area contributed by atoms with Gasteiger partial charge in [0.2, 0.25) is 0 Å². The van der Waals surface area contributed by atoms with Crippen LogP contribution in [0.1, 0.15) is 6.42 Å². The van der Waals surface area contributed by atoms with Crippen LogP contribution >= 0.6 is 0 Å². The molecule has 12 heavy (non-hydrogen) atoms. The number of hydrogen-bond donors (Lipinski definition) is 1.